The zero-order valence-corrected chi connectivity index (χ0v) is 15.4. The Bertz CT molecular complexity index is 557. The number of benzene rings is 1. The van der Waals surface area contributed by atoms with Crippen molar-refractivity contribution in [2.45, 2.75) is 45.0 Å². The molecule has 1 aromatic carbocycles. The number of carbonyl (C=O) groups excluding carboxylic acids is 1. The SMILES string of the molecule is CC(C)(C)[S@@+]([O-])/N=C/C1CCCN(C(=O)OCc2ccccc2)C1. The van der Waals surface area contributed by atoms with Crippen molar-refractivity contribution in [3.63, 3.8) is 0 Å². The van der Waals surface area contributed by atoms with Crippen molar-refractivity contribution >= 4 is 23.7 Å². The van der Waals surface area contributed by atoms with Crippen LogP contribution in [-0.4, -0.2) is 39.6 Å². The van der Waals surface area contributed by atoms with Gasteiger partial charge in [0, 0.05) is 19.0 Å². The van der Waals surface area contributed by atoms with Gasteiger partial charge >= 0.3 is 6.09 Å². The highest BCUT2D eigenvalue weighted by molar-refractivity contribution is 7.91. The van der Waals surface area contributed by atoms with Gasteiger partial charge in [-0.25, -0.2) is 4.79 Å². The van der Waals surface area contributed by atoms with Crippen LogP contribution in [0.3, 0.4) is 0 Å². The summed E-state index contributed by atoms with van der Waals surface area (Å²) in [6.07, 6.45) is 3.30. The highest BCUT2D eigenvalue weighted by atomic mass is 32.2. The van der Waals surface area contributed by atoms with Gasteiger partial charge in [0.05, 0.1) is 6.21 Å². The fourth-order valence-electron chi connectivity index (χ4n) is 2.41. The van der Waals surface area contributed by atoms with E-state index in [9.17, 15) is 9.35 Å². The number of ether oxygens (including phenoxy) is 1. The summed E-state index contributed by atoms with van der Waals surface area (Å²) in [5.41, 5.74) is 0.974. The summed E-state index contributed by atoms with van der Waals surface area (Å²) >= 11 is -1.25. The van der Waals surface area contributed by atoms with Crippen LogP contribution in [0, 0.1) is 5.92 Å². The molecule has 6 heteroatoms. The Hall–Kier alpha value is -1.53. The first kappa shape index (κ1) is 18.8. The van der Waals surface area contributed by atoms with E-state index in [2.05, 4.69) is 4.40 Å². The molecule has 0 radical (unpaired) electrons. The Kier molecular flexibility index (Phi) is 6.69. The summed E-state index contributed by atoms with van der Waals surface area (Å²) in [6.45, 7) is 7.24. The molecule has 5 nitrogen and oxygen atoms in total. The zero-order valence-electron chi connectivity index (χ0n) is 14.6. The van der Waals surface area contributed by atoms with Gasteiger partial charge in [-0.2, -0.15) is 0 Å². The van der Waals surface area contributed by atoms with E-state index in [1.54, 1.807) is 11.1 Å². The van der Waals surface area contributed by atoms with Crippen LogP contribution in [0.15, 0.2) is 34.7 Å². The molecule has 0 bridgehead atoms. The van der Waals surface area contributed by atoms with E-state index in [-0.39, 0.29) is 23.4 Å². The van der Waals surface area contributed by atoms with E-state index >= 15 is 0 Å². The maximum atomic E-state index is 12.2. The molecular weight excluding hydrogens is 324 g/mol. The average Bonchev–Trinajstić information content (AvgIpc) is 2.58. The average molecular weight is 350 g/mol. The Balaban J connectivity index is 1.83. The first-order valence-corrected chi connectivity index (χ1v) is 9.39. The lowest BCUT2D eigenvalue weighted by molar-refractivity contribution is 0.0854. The van der Waals surface area contributed by atoms with Crippen LogP contribution in [-0.2, 0) is 22.7 Å². The third kappa shape index (κ3) is 5.83. The normalized spacial score (nSPS) is 20.2. The number of piperidine rings is 1. The molecule has 2 rings (SSSR count). The summed E-state index contributed by atoms with van der Waals surface area (Å²) < 4.78 is 21.2. The lowest BCUT2D eigenvalue weighted by Gasteiger charge is -2.30. The lowest BCUT2D eigenvalue weighted by atomic mass is 10.00. The number of rotatable bonds is 4. The van der Waals surface area contributed by atoms with Gasteiger partial charge in [-0.15, -0.1) is 0 Å². The minimum absolute atomic E-state index is 0.134. The number of hydrogen-bond donors (Lipinski definition) is 0. The van der Waals surface area contributed by atoms with E-state index in [0.717, 1.165) is 18.4 Å². The second-order valence-electron chi connectivity index (χ2n) is 7.00. The molecule has 1 unspecified atom stereocenters. The summed E-state index contributed by atoms with van der Waals surface area (Å²) in [7, 11) is 0. The lowest BCUT2D eigenvalue weighted by Crippen LogP contribution is -2.40. The molecule has 1 saturated heterocycles. The number of nitrogens with zero attached hydrogens (tertiary/aromatic N) is 2. The van der Waals surface area contributed by atoms with Crippen LogP contribution in [0.4, 0.5) is 4.79 Å². The molecule has 1 amide bonds. The Morgan fingerprint density at radius 3 is 2.79 bits per heavy atom. The highest BCUT2D eigenvalue weighted by Crippen LogP contribution is 2.20. The summed E-state index contributed by atoms with van der Waals surface area (Å²) in [5, 5.41) is 0. The van der Waals surface area contributed by atoms with Crippen LogP contribution in [0.2, 0.25) is 0 Å². The van der Waals surface area contributed by atoms with Crippen molar-refractivity contribution < 1.29 is 14.1 Å². The molecule has 132 valence electrons. The van der Waals surface area contributed by atoms with E-state index in [1.807, 2.05) is 51.1 Å². The number of amides is 1. The van der Waals surface area contributed by atoms with E-state index in [4.69, 9.17) is 4.74 Å². The van der Waals surface area contributed by atoms with Gasteiger partial charge in [0.15, 0.2) is 0 Å². The Morgan fingerprint density at radius 1 is 1.42 bits per heavy atom. The van der Waals surface area contributed by atoms with E-state index < -0.39 is 11.4 Å². The Labute approximate surface area is 147 Å². The summed E-state index contributed by atoms with van der Waals surface area (Å²) in [4.78, 5) is 13.9. The molecule has 0 aliphatic carbocycles. The summed E-state index contributed by atoms with van der Waals surface area (Å²) in [5.74, 6) is 0.134. The monoisotopic (exact) mass is 350 g/mol. The summed E-state index contributed by atoms with van der Waals surface area (Å²) in [6, 6.07) is 9.64. The van der Waals surface area contributed by atoms with Crippen molar-refractivity contribution in [3.8, 4) is 0 Å². The first-order valence-electron chi connectivity index (χ1n) is 8.28. The minimum Gasteiger partial charge on any atom is -0.591 e. The van der Waals surface area contributed by atoms with Crippen LogP contribution in [0.1, 0.15) is 39.2 Å². The predicted molar refractivity (Wildman–Crippen MR) is 97.3 cm³/mol. The van der Waals surface area contributed by atoms with Gasteiger partial charge in [-0.1, -0.05) is 34.7 Å². The smallest absolute Gasteiger partial charge is 0.410 e. The zero-order chi connectivity index (χ0) is 17.6. The molecule has 1 aromatic rings. The van der Waals surface area contributed by atoms with Crippen LogP contribution < -0.4 is 0 Å². The molecule has 1 fully saturated rings. The van der Waals surface area contributed by atoms with Crippen LogP contribution in [0.25, 0.3) is 0 Å². The standard InChI is InChI=1S/C18H26N2O3S/c1-18(2,3)24(22)19-12-16-10-7-11-20(13-16)17(21)23-14-15-8-5-4-6-9-15/h4-6,8-9,12,16H,7,10-11,13-14H2,1-3H3/b19-12+/t16?,24-/m1/s1. The third-order valence-electron chi connectivity index (χ3n) is 3.81. The molecule has 0 saturated carbocycles. The number of likely N-dealkylation sites (tertiary alicyclic amines) is 1. The molecule has 1 aliphatic rings. The van der Waals surface area contributed by atoms with Gasteiger partial charge < -0.3 is 14.2 Å². The first-order chi connectivity index (χ1) is 11.4. The Morgan fingerprint density at radius 2 is 2.12 bits per heavy atom. The van der Waals surface area contributed by atoms with Gasteiger partial charge in [0.25, 0.3) is 0 Å². The van der Waals surface area contributed by atoms with E-state index in [1.165, 1.54) is 0 Å². The van der Waals surface area contributed by atoms with Crippen molar-refractivity contribution in [2.75, 3.05) is 13.1 Å². The van der Waals surface area contributed by atoms with Crippen LogP contribution >= 0.6 is 0 Å². The second-order valence-corrected chi connectivity index (χ2v) is 8.94. The second kappa shape index (κ2) is 8.53. The predicted octanol–water partition coefficient (Wildman–Crippen LogP) is 3.57. The van der Waals surface area contributed by atoms with Crippen molar-refractivity contribution in [1.29, 1.82) is 0 Å². The van der Waals surface area contributed by atoms with Crippen molar-refractivity contribution in [3.05, 3.63) is 35.9 Å². The van der Waals surface area contributed by atoms with Gasteiger partial charge in [0.1, 0.15) is 22.7 Å². The fraction of sp³-hybridized carbons (Fsp3) is 0.556. The molecule has 0 aromatic heterocycles. The maximum Gasteiger partial charge on any atom is 0.410 e. The molecule has 1 aliphatic heterocycles. The van der Waals surface area contributed by atoms with Gasteiger partial charge in [0.2, 0.25) is 0 Å². The van der Waals surface area contributed by atoms with E-state index in [0.29, 0.717) is 13.1 Å². The van der Waals surface area contributed by atoms with Gasteiger partial charge in [-0.05, 0) is 39.2 Å². The number of hydrogen-bond acceptors (Lipinski definition) is 4. The quantitative estimate of drug-likeness (QED) is 0.616. The van der Waals surface area contributed by atoms with Crippen molar-refractivity contribution in [2.24, 2.45) is 10.3 Å². The highest BCUT2D eigenvalue weighted by Gasteiger charge is 2.28. The molecule has 0 spiro atoms. The minimum atomic E-state index is -1.25. The molecule has 24 heavy (non-hydrogen) atoms. The third-order valence-corrected chi connectivity index (χ3v) is 5.17. The fourth-order valence-corrected chi connectivity index (χ4v) is 3.01. The molecule has 0 N–H and O–H groups in total. The topological polar surface area (TPSA) is 65.0 Å². The van der Waals surface area contributed by atoms with Crippen LogP contribution in [0.5, 0.6) is 0 Å². The molecule has 1 heterocycles. The maximum absolute atomic E-state index is 12.2. The van der Waals surface area contributed by atoms with Gasteiger partial charge in [-0.3, -0.25) is 0 Å². The molecular formula is C18H26N2O3S. The molecule has 2 atom stereocenters. The number of carbonyl (C=O) groups is 1. The van der Waals surface area contributed by atoms with Crippen molar-refractivity contribution in [1.82, 2.24) is 4.90 Å². The largest absolute Gasteiger partial charge is 0.591 e.